The molecule has 2 heteroatoms. The largest absolute Gasteiger partial charge is 0.309 e. The van der Waals surface area contributed by atoms with Crippen molar-refractivity contribution in [1.82, 2.24) is 9.80 Å². The summed E-state index contributed by atoms with van der Waals surface area (Å²) in [4.78, 5) is 4.81. The predicted octanol–water partition coefficient (Wildman–Crippen LogP) is 4.89. The topological polar surface area (TPSA) is 6.48 Å². The van der Waals surface area contributed by atoms with Crippen LogP contribution in [0.15, 0.2) is 0 Å². The summed E-state index contributed by atoms with van der Waals surface area (Å²) in [5.74, 6) is 0. The van der Waals surface area contributed by atoms with Crippen molar-refractivity contribution >= 4 is 0 Å². The molecule has 0 fully saturated rings. The second-order valence-electron chi connectivity index (χ2n) is 9.14. The molecule has 0 aromatic rings. The van der Waals surface area contributed by atoms with Gasteiger partial charge in [-0.15, -0.1) is 0 Å². The van der Waals surface area contributed by atoms with Crippen LogP contribution in [0, 0.1) is 10.8 Å². The molecule has 0 unspecified atom stereocenters. The molecule has 0 rings (SSSR count). The first-order valence-electron chi connectivity index (χ1n) is 8.85. The van der Waals surface area contributed by atoms with Crippen LogP contribution in [-0.2, 0) is 0 Å². The lowest BCUT2D eigenvalue weighted by atomic mass is 9.83. The fourth-order valence-electron chi connectivity index (χ4n) is 2.64. The summed E-state index contributed by atoms with van der Waals surface area (Å²) in [5.41, 5.74) is 0.969. The minimum Gasteiger partial charge on any atom is -0.309 e. The molecule has 0 saturated heterocycles. The van der Waals surface area contributed by atoms with Gasteiger partial charge in [0, 0.05) is 0 Å². The third-order valence-corrected chi connectivity index (χ3v) is 4.35. The summed E-state index contributed by atoms with van der Waals surface area (Å²) < 4.78 is 0. The highest BCUT2D eigenvalue weighted by molar-refractivity contribution is 4.71. The fraction of sp³-hybridized carbons (Fsp3) is 1.00. The van der Waals surface area contributed by atoms with E-state index in [0.717, 1.165) is 0 Å². The van der Waals surface area contributed by atoms with E-state index in [1.54, 1.807) is 0 Å². The first kappa shape index (κ1) is 20.9. The Bertz CT molecular complexity index is 251. The van der Waals surface area contributed by atoms with Gasteiger partial charge in [-0.05, 0) is 83.7 Å². The Kier molecular flexibility index (Phi) is 9.80. The number of hydrogen-bond donors (Lipinski definition) is 0. The van der Waals surface area contributed by atoms with Gasteiger partial charge in [-0.1, -0.05) is 41.0 Å². The minimum atomic E-state index is 0.479. The first-order valence-corrected chi connectivity index (χ1v) is 8.85. The van der Waals surface area contributed by atoms with Crippen molar-refractivity contribution in [3.63, 3.8) is 0 Å². The normalized spacial score (nSPS) is 13.4. The van der Waals surface area contributed by atoms with Crippen LogP contribution in [0.2, 0.25) is 0 Å². The van der Waals surface area contributed by atoms with E-state index in [0.29, 0.717) is 10.8 Å². The molecule has 0 aliphatic heterocycles. The van der Waals surface area contributed by atoms with Gasteiger partial charge in [-0.3, -0.25) is 0 Å². The molecular formula is C19H42N2. The molecule has 0 saturated carbocycles. The quantitative estimate of drug-likeness (QED) is 0.501. The summed E-state index contributed by atoms with van der Waals surface area (Å²) in [7, 11) is 6.61. The Hall–Kier alpha value is -0.0800. The van der Waals surface area contributed by atoms with E-state index in [9.17, 15) is 0 Å². The summed E-state index contributed by atoms with van der Waals surface area (Å²) in [6.07, 6.45) is 8.02. The molecule has 0 spiro atoms. The lowest BCUT2D eigenvalue weighted by molar-refractivity contribution is 0.219. The van der Waals surface area contributed by atoms with E-state index >= 15 is 0 Å². The van der Waals surface area contributed by atoms with E-state index in [1.165, 1.54) is 58.2 Å². The summed E-state index contributed by atoms with van der Waals surface area (Å²) in [6.45, 7) is 15.6. The van der Waals surface area contributed by atoms with Gasteiger partial charge in [0.2, 0.25) is 0 Å². The zero-order valence-corrected chi connectivity index (χ0v) is 16.3. The van der Waals surface area contributed by atoms with Crippen molar-refractivity contribution < 1.29 is 0 Å². The maximum Gasteiger partial charge on any atom is -0.00167 e. The Morgan fingerprint density at radius 2 is 1.24 bits per heavy atom. The molecule has 0 bridgehead atoms. The minimum absolute atomic E-state index is 0.479. The molecule has 0 radical (unpaired) electrons. The standard InChI is InChI=1S/C19H42N2/c1-18(2,3)12-11-16-21(8)17-14-19(4,5)13-9-10-15-20(6)7/h9-17H2,1-8H3. The average Bonchev–Trinajstić information content (AvgIpc) is 2.31. The van der Waals surface area contributed by atoms with E-state index in [4.69, 9.17) is 0 Å². The van der Waals surface area contributed by atoms with Gasteiger partial charge in [0.25, 0.3) is 0 Å². The van der Waals surface area contributed by atoms with E-state index in [-0.39, 0.29) is 0 Å². The lowest BCUT2D eigenvalue weighted by Gasteiger charge is -2.28. The van der Waals surface area contributed by atoms with Crippen LogP contribution in [0.1, 0.15) is 73.1 Å². The molecule has 21 heavy (non-hydrogen) atoms. The molecule has 0 atom stereocenters. The van der Waals surface area contributed by atoms with Crippen LogP contribution in [0.5, 0.6) is 0 Å². The maximum atomic E-state index is 2.52. The van der Waals surface area contributed by atoms with Gasteiger partial charge in [-0.25, -0.2) is 0 Å². The van der Waals surface area contributed by atoms with Crippen LogP contribution < -0.4 is 0 Å². The highest BCUT2D eigenvalue weighted by Crippen LogP contribution is 2.28. The zero-order chi connectivity index (χ0) is 16.5. The van der Waals surface area contributed by atoms with Gasteiger partial charge in [-0.2, -0.15) is 0 Å². The average molecular weight is 299 g/mol. The van der Waals surface area contributed by atoms with Crippen LogP contribution in [0.3, 0.4) is 0 Å². The molecule has 128 valence electrons. The monoisotopic (exact) mass is 298 g/mol. The van der Waals surface area contributed by atoms with Crippen LogP contribution in [0.25, 0.3) is 0 Å². The molecule has 0 amide bonds. The molecule has 0 aliphatic rings. The van der Waals surface area contributed by atoms with Gasteiger partial charge < -0.3 is 9.80 Å². The van der Waals surface area contributed by atoms with Gasteiger partial charge >= 0.3 is 0 Å². The number of unbranched alkanes of at least 4 members (excludes halogenated alkanes) is 1. The van der Waals surface area contributed by atoms with Crippen LogP contribution >= 0.6 is 0 Å². The number of rotatable bonds is 11. The number of hydrogen-bond acceptors (Lipinski definition) is 2. The van der Waals surface area contributed by atoms with E-state index < -0.39 is 0 Å². The highest BCUT2D eigenvalue weighted by atomic mass is 15.1. The van der Waals surface area contributed by atoms with Gasteiger partial charge in [0.1, 0.15) is 0 Å². The third kappa shape index (κ3) is 14.6. The molecule has 0 heterocycles. The van der Waals surface area contributed by atoms with Crippen molar-refractivity contribution in [2.75, 3.05) is 40.8 Å². The molecular weight excluding hydrogens is 256 g/mol. The first-order chi connectivity index (χ1) is 9.52. The summed E-state index contributed by atoms with van der Waals surface area (Å²) in [6, 6.07) is 0. The second kappa shape index (κ2) is 9.84. The lowest BCUT2D eigenvalue weighted by Crippen LogP contribution is -2.26. The van der Waals surface area contributed by atoms with Gasteiger partial charge in [0.05, 0.1) is 0 Å². The third-order valence-electron chi connectivity index (χ3n) is 4.35. The Labute approximate surface area is 135 Å². The van der Waals surface area contributed by atoms with Crippen LogP contribution in [-0.4, -0.2) is 50.6 Å². The van der Waals surface area contributed by atoms with Crippen molar-refractivity contribution in [3.8, 4) is 0 Å². The van der Waals surface area contributed by atoms with Crippen molar-refractivity contribution in [2.24, 2.45) is 10.8 Å². The summed E-state index contributed by atoms with van der Waals surface area (Å²) >= 11 is 0. The van der Waals surface area contributed by atoms with Gasteiger partial charge in [0.15, 0.2) is 0 Å². The number of nitrogens with zero attached hydrogens (tertiary/aromatic N) is 2. The molecule has 0 aromatic carbocycles. The zero-order valence-electron chi connectivity index (χ0n) is 16.3. The molecule has 0 aliphatic carbocycles. The fourth-order valence-corrected chi connectivity index (χ4v) is 2.64. The molecule has 0 N–H and O–H groups in total. The van der Waals surface area contributed by atoms with Crippen LogP contribution in [0.4, 0.5) is 0 Å². The maximum absolute atomic E-state index is 2.52. The van der Waals surface area contributed by atoms with Crippen molar-refractivity contribution in [1.29, 1.82) is 0 Å². The van der Waals surface area contributed by atoms with E-state index in [1.807, 2.05) is 0 Å². The molecule has 2 nitrogen and oxygen atoms in total. The SMILES string of the molecule is CN(C)CCCCC(C)(C)CCN(C)CCCC(C)(C)C. The Morgan fingerprint density at radius 1 is 0.619 bits per heavy atom. The summed E-state index contributed by atoms with van der Waals surface area (Å²) in [5, 5.41) is 0. The second-order valence-corrected chi connectivity index (χ2v) is 9.14. The molecule has 0 aromatic heterocycles. The highest BCUT2D eigenvalue weighted by Gasteiger charge is 2.18. The Morgan fingerprint density at radius 3 is 1.76 bits per heavy atom. The predicted molar refractivity (Wildman–Crippen MR) is 97.0 cm³/mol. The Balaban J connectivity index is 3.75. The smallest absolute Gasteiger partial charge is 0.00167 e. The van der Waals surface area contributed by atoms with Crippen molar-refractivity contribution in [3.05, 3.63) is 0 Å². The van der Waals surface area contributed by atoms with Crippen molar-refractivity contribution in [2.45, 2.75) is 73.1 Å². The van der Waals surface area contributed by atoms with E-state index in [2.05, 4.69) is 65.6 Å².